The number of thioether (sulfide) groups is 1. The van der Waals surface area contributed by atoms with Gasteiger partial charge in [0, 0.05) is 16.5 Å². The second-order valence-electron chi connectivity index (χ2n) is 8.93. The maximum absolute atomic E-state index is 13.3. The molecule has 1 aromatic heterocycles. The van der Waals surface area contributed by atoms with Gasteiger partial charge in [-0.3, -0.25) is 0 Å². The molecular formula is C28H30BrClN4O4S. The minimum atomic E-state index is -0.635. The van der Waals surface area contributed by atoms with E-state index in [2.05, 4.69) is 27.8 Å². The molecule has 0 amide bonds. The van der Waals surface area contributed by atoms with Crippen molar-refractivity contribution in [2.75, 3.05) is 18.5 Å². The minimum Gasteiger partial charge on any atom is -0.490 e. The predicted octanol–water partition coefficient (Wildman–Crippen LogP) is 7.19. The standard InChI is InChI=1S/C28H30BrClN4O4S/c1-6-12-37-26(35)23-17(5)31-27-32-28(39-15-18-10-8-9-11-21(18)30)33-34(27)24(23)19-13-20(29)25(38-16(3)4)22(14-19)36-7-2/h6,8-11,13-14,16,24H,1,7,12,15H2,2-5H3,(H,31,32,33). The van der Waals surface area contributed by atoms with Crippen LogP contribution >= 0.6 is 39.3 Å². The molecule has 1 aliphatic rings. The second kappa shape index (κ2) is 12.9. The van der Waals surface area contributed by atoms with Gasteiger partial charge in [0.15, 0.2) is 11.5 Å². The maximum Gasteiger partial charge on any atom is 0.338 e. The van der Waals surface area contributed by atoms with Crippen molar-refractivity contribution in [3.8, 4) is 11.5 Å². The number of halogens is 2. The smallest absolute Gasteiger partial charge is 0.338 e. The summed E-state index contributed by atoms with van der Waals surface area (Å²) in [6, 6.07) is 10.8. The summed E-state index contributed by atoms with van der Waals surface area (Å²) in [5.74, 6) is 1.77. The van der Waals surface area contributed by atoms with Crippen LogP contribution in [0.3, 0.4) is 0 Å². The number of fused-ring (bicyclic) bond motifs is 1. The third kappa shape index (κ3) is 6.62. The van der Waals surface area contributed by atoms with Gasteiger partial charge >= 0.3 is 5.97 Å². The first-order valence-electron chi connectivity index (χ1n) is 12.4. The number of ether oxygens (including phenoxy) is 3. The Hall–Kier alpha value is -2.95. The predicted molar refractivity (Wildman–Crippen MR) is 158 cm³/mol. The number of hydrogen-bond acceptors (Lipinski definition) is 8. The molecule has 4 rings (SSSR count). The van der Waals surface area contributed by atoms with Crippen molar-refractivity contribution >= 4 is 51.2 Å². The number of nitrogens with zero attached hydrogens (tertiary/aromatic N) is 3. The van der Waals surface area contributed by atoms with E-state index >= 15 is 0 Å². The molecule has 0 radical (unpaired) electrons. The summed E-state index contributed by atoms with van der Waals surface area (Å²) < 4.78 is 19.9. The molecule has 0 fully saturated rings. The molecule has 1 unspecified atom stereocenters. The van der Waals surface area contributed by atoms with Gasteiger partial charge in [-0.05, 0) is 73.0 Å². The Balaban J connectivity index is 1.79. The van der Waals surface area contributed by atoms with Crippen molar-refractivity contribution in [1.82, 2.24) is 14.8 Å². The SMILES string of the molecule is C=CCOC(=O)C1=C(C)Nc2nc(SCc3ccccc3Cl)nn2C1c1cc(Br)c(OC(C)C)c(OCC)c1. The molecule has 3 aromatic rings. The molecule has 39 heavy (non-hydrogen) atoms. The van der Waals surface area contributed by atoms with Crippen LogP contribution in [0.2, 0.25) is 5.02 Å². The highest BCUT2D eigenvalue weighted by molar-refractivity contribution is 9.10. The average Bonchev–Trinajstić information content (AvgIpc) is 3.30. The second-order valence-corrected chi connectivity index (χ2v) is 11.1. The van der Waals surface area contributed by atoms with E-state index < -0.39 is 12.0 Å². The Kier molecular flexibility index (Phi) is 9.63. The average molecular weight is 634 g/mol. The highest BCUT2D eigenvalue weighted by Gasteiger charge is 2.36. The van der Waals surface area contributed by atoms with Crippen LogP contribution in [0, 0.1) is 0 Å². The molecule has 1 N–H and O–H groups in total. The Morgan fingerprint density at radius 2 is 2.10 bits per heavy atom. The molecule has 1 aliphatic heterocycles. The number of rotatable bonds is 11. The number of carbonyl (C=O) groups is 1. The van der Waals surface area contributed by atoms with E-state index in [0.717, 1.165) is 11.1 Å². The molecular weight excluding hydrogens is 604 g/mol. The van der Waals surface area contributed by atoms with Gasteiger partial charge in [-0.1, -0.05) is 54.2 Å². The van der Waals surface area contributed by atoms with Gasteiger partial charge in [-0.25, -0.2) is 9.48 Å². The lowest BCUT2D eigenvalue weighted by atomic mass is 9.95. The molecule has 1 atom stereocenters. The summed E-state index contributed by atoms with van der Waals surface area (Å²) in [4.78, 5) is 18.0. The van der Waals surface area contributed by atoms with Crippen LogP contribution in [0.25, 0.3) is 0 Å². The van der Waals surface area contributed by atoms with Gasteiger partial charge in [-0.2, -0.15) is 4.98 Å². The van der Waals surface area contributed by atoms with Crippen molar-refractivity contribution in [3.05, 3.63) is 80.9 Å². The topological polar surface area (TPSA) is 87.5 Å². The van der Waals surface area contributed by atoms with Gasteiger partial charge < -0.3 is 19.5 Å². The van der Waals surface area contributed by atoms with E-state index in [4.69, 9.17) is 35.9 Å². The van der Waals surface area contributed by atoms with Crippen molar-refractivity contribution in [2.45, 2.75) is 50.8 Å². The number of carbonyl (C=O) groups excluding carboxylic acids is 1. The number of nitrogens with one attached hydrogen (secondary N) is 1. The van der Waals surface area contributed by atoms with E-state index in [-0.39, 0.29) is 12.7 Å². The van der Waals surface area contributed by atoms with E-state index in [1.807, 2.05) is 64.1 Å². The van der Waals surface area contributed by atoms with Crippen molar-refractivity contribution in [1.29, 1.82) is 0 Å². The van der Waals surface area contributed by atoms with Crippen LogP contribution in [0.1, 0.15) is 44.9 Å². The highest BCUT2D eigenvalue weighted by atomic mass is 79.9. The normalized spacial score (nSPS) is 14.6. The summed E-state index contributed by atoms with van der Waals surface area (Å²) in [6.45, 7) is 11.8. The number of hydrogen-bond donors (Lipinski definition) is 1. The Bertz CT molecular complexity index is 1410. The lowest BCUT2D eigenvalue weighted by Crippen LogP contribution is -2.29. The Labute approximate surface area is 245 Å². The van der Waals surface area contributed by atoms with E-state index in [0.29, 0.717) is 55.7 Å². The third-order valence-corrected chi connectivity index (χ3v) is 7.55. The van der Waals surface area contributed by atoms with E-state index in [9.17, 15) is 4.79 Å². The van der Waals surface area contributed by atoms with Crippen LogP contribution in [-0.4, -0.2) is 40.1 Å². The third-order valence-electron chi connectivity index (χ3n) is 5.70. The number of benzene rings is 2. The Morgan fingerprint density at radius 1 is 1.33 bits per heavy atom. The summed E-state index contributed by atoms with van der Waals surface area (Å²) >= 11 is 11.5. The van der Waals surface area contributed by atoms with Crippen LogP contribution in [0.15, 0.2) is 70.0 Å². The maximum atomic E-state index is 13.3. The fraction of sp³-hybridized carbons (Fsp3) is 0.321. The molecule has 11 heteroatoms. The number of aromatic nitrogens is 3. The van der Waals surface area contributed by atoms with Crippen molar-refractivity contribution in [3.63, 3.8) is 0 Å². The minimum absolute atomic E-state index is 0.0589. The van der Waals surface area contributed by atoms with Crippen LogP contribution < -0.4 is 14.8 Å². The van der Waals surface area contributed by atoms with E-state index in [1.165, 1.54) is 17.8 Å². The molecule has 0 aliphatic carbocycles. The molecule has 206 valence electrons. The quantitative estimate of drug-likeness (QED) is 0.135. The first-order valence-corrected chi connectivity index (χ1v) is 14.6. The zero-order chi connectivity index (χ0) is 28.1. The summed E-state index contributed by atoms with van der Waals surface area (Å²) in [5.41, 5.74) is 2.76. The van der Waals surface area contributed by atoms with Crippen LogP contribution in [-0.2, 0) is 15.3 Å². The molecule has 2 aromatic carbocycles. The summed E-state index contributed by atoms with van der Waals surface area (Å²) in [7, 11) is 0. The van der Waals surface area contributed by atoms with Crippen molar-refractivity contribution in [2.24, 2.45) is 0 Å². The monoisotopic (exact) mass is 632 g/mol. The van der Waals surface area contributed by atoms with Gasteiger partial charge in [0.05, 0.1) is 22.8 Å². The molecule has 0 bridgehead atoms. The molecule has 2 heterocycles. The van der Waals surface area contributed by atoms with Gasteiger partial charge in [0.1, 0.15) is 12.6 Å². The first kappa shape index (κ1) is 29.0. The summed E-state index contributed by atoms with van der Waals surface area (Å²) in [6.07, 6.45) is 1.47. The first-order chi connectivity index (χ1) is 18.7. The zero-order valence-electron chi connectivity index (χ0n) is 22.2. The number of esters is 1. The fourth-order valence-electron chi connectivity index (χ4n) is 4.09. The van der Waals surface area contributed by atoms with E-state index in [1.54, 1.807) is 4.68 Å². The lowest BCUT2D eigenvalue weighted by Gasteiger charge is -2.29. The highest BCUT2D eigenvalue weighted by Crippen LogP contribution is 2.44. The molecule has 0 spiro atoms. The number of anilines is 1. The zero-order valence-corrected chi connectivity index (χ0v) is 25.3. The van der Waals surface area contributed by atoms with Crippen LogP contribution in [0.4, 0.5) is 5.95 Å². The molecule has 0 saturated carbocycles. The lowest BCUT2D eigenvalue weighted by molar-refractivity contribution is -0.138. The Morgan fingerprint density at radius 3 is 2.79 bits per heavy atom. The van der Waals surface area contributed by atoms with Gasteiger partial charge in [0.25, 0.3) is 0 Å². The van der Waals surface area contributed by atoms with Crippen molar-refractivity contribution < 1.29 is 19.0 Å². The largest absolute Gasteiger partial charge is 0.490 e. The van der Waals surface area contributed by atoms with Gasteiger partial charge in [-0.15, -0.1) is 5.10 Å². The number of allylic oxidation sites excluding steroid dienone is 1. The summed E-state index contributed by atoms with van der Waals surface area (Å²) in [5, 5.41) is 9.24. The molecule has 0 saturated heterocycles. The fourth-order valence-corrected chi connectivity index (χ4v) is 5.76. The molecule has 8 nitrogen and oxygen atoms in total. The van der Waals surface area contributed by atoms with Crippen LogP contribution in [0.5, 0.6) is 11.5 Å². The van der Waals surface area contributed by atoms with Gasteiger partial charge in [0.2, 0.25) is 11.1 Å².